The summed E-state index contributed by atoms with van der Waals surface area (Å²) in [6, 6.07) is 27.7. The van der Waals surface area contributed by atoms with Crippen LogP contribution in [0.1, 0.15) is 16.7 Å². The Kier molecular flexibility index (Phi) is 3.32. The molecular formula is C21H17NO. The molecule has 0 saturated heterocycles. The van der Waals surface area contributed by atoms with Gasteiger partial charge in [-0.05, 0) is 22.8 Å². The number of fused-ring (bicyclic) bond motifs is 1. The minimum Gasteiger partial charge on any atom is -0.378 e. The molecule has 3 aromatic rings. The highest BCUT2D eigenvalue weighted by molar-refractivity contribution is 6.09. The summed E-state index contributed by atoms with van der Waals surface area (Å²) in [5.74, 6) is 0. The van der Waals surface area contributed by atoms with Gasteiger partial charge in [-0.2, -0.15) is 0 Å². The van der Waals surface area contributed by atoms with Crippen LogP contribution in [0, 0.1) is 0 Å². The first-order chi connectivity index (χ1) is 11.3. The molecule has 23 heavy (non-hydrogen) atoms. The van der Waals surface area contributed by atoms with E-state index >= 15 is 0 Å². The SMILES string of the molecule is OC1(c2ccccc2)Cc2ccccc2N=C1c1ccccc1. The Morgan fingerprint density at radius 1 is 0.739 bits per heavy atom. The summed E-state index contributed by atoms with van der Waals surface area (Å²) in [5, 5.41) is 11.6. The summed E-state index contributed by atoms with van der Waals surface area (Å²) >= 11 is 0. The maximum atomic E-state index is 11.6. The van der Waals surface area contributed by atoms with Crippen LogP contribution in [-0.4, -0.2) is 10.8 Å². The van der Waals surface area contributed by atoms with Gasteiger partial charge in [-0.3, -0.25) is 0 Å². The van der Waals surface area contributed by atoms with Crippen LogP contribution in [0.2, 0.25) is 0 Å². The zero-order chi connectivity index (χ0) is 15.7. The Morgan fingerprint density at radius 3 is 2.09 bits per heavy atom. The molecule has 1 aliphatic heterocycles. The predicted octanol–water partition coefficient (Wildman–Crippen LogP) is 4.25. The molecule has 0 amide bonds. The summed E-state index contributed by atoms with van der Waals surface area (Å²) in [5.41, 5.74) is 3.43. The number of nitrogens with zero attached hydrogens (tertiary/aromatic N) is 1. The molecule has 1 aliphatic rings. The molecule has 0 bridgehead atoms. The minimum absolute atomic E-state index is 0.529. The molecule has 0 aliphatic carbocycles. The molecule has 2 nitrogen and oxygen atoms in total. The average molecular weight is 299 g/mol. The van der Waals surface area contributed by atoms with Gasteiger partial charge < -0.3 is 5.11 Å². The summed E-state index contributed by atoms with van der Waals surface area (Å²) in [6.45, 7) is 0. The third-order valence-electron chi connectivity index (χ3n) is 4.36. The van der Waals surface area contributed by atoms with Crippen molar-refractivity contribution in [2.45, 2.75) is 12.0 Å². The average Bonchev–Trinajstić information content (AvgIpc) is 2.62. The molecule has 3 aromatic carbocycles. The van der Waals surface area contributed by atoms with Crippen molar-refractivity contribution in [2.24, 2.45) is 4.99 Å². The molecule has 0 radical (unpaired) electrons. The minimum atomic E-state index is -1.11. The van der Waals surface area contributed by atoms with Crippen molar-refractivity contribution in [1.29, 1.82) is 0 Å². The van der Waals surface area contributed by atoms with E-state index in [1.165, 1.54) is 0 Å². The number of hydrogen-bond acceptors (Lipinski definition) is 2. The van der Waals surface area contributed by atoms with Crippen LogP contribution >= 0.6 is 0 Å². The second kappa shape index (κ2) is 5.49. The molecule has 0 aromatic heterocycles. The van der Waals surface area contributed by atoms with Crippen LogP contribution in [0.4, 0.5) is 5.69 Å². The Bertz CT molecular complexity index is 855. The Labute approximate surface area is 135 Å². The fourth-order valence-electron chi connectivity index (χ4n) is 3.19. The normalized spacial score (nSPS) is 19.8. The van der Waals surface area contributed by atoms with Gasteiger partial charge in [0.05, 0.1) is 11.4 Å². The topological polar surface area (TPSA) is 32.6 Å². The van der Waals surface area contributed by atoms with Crippen LogP contribution < -0.4 is 0 Å². The van der Waals surface area contributed by atoms with E-state index in [-0.39, 0.29) is 0 Å². The lowest BCUT2D eigenvalue weighted by Gasteiger charge is -2.34. The maximum Gasteiger partial charge on any atom is 0.136 e. The molecule has 0 fully saturated rings. The smallest absolute Gasteiger partial charge is 0.136 e. The van der Waals surface area contributed by atoms with Crippen molar-refractivity contribution in [1.82, 2.24) is 0 Å². The zero-order valence-corrected chi connectivity index (χ0v) is 12.7. The highest BCUT2D eigenvalue weighted by Crippen LogP contribution is 2.38. The number of aliphatic hydroxyl groups is 1. The molecule has 1 heterocycles. The maximum absolute atomic E-state index is 11.6. The second-order valence-corrected chi connectivity index (χ2v) is 5.86. The summed E-state index contributed by atoms with van der Waals surface area (Å²) in [7, 11) is 0. The molecular weight excluding hydrogens is 282 g/mol. The van der Waals surface area contributed by atoms with Gasteiger partial charge in [-0.1, -0.05) is 78.9 Å². The van der Waals surface area contributed by atoms with E-state index in [2.05, 4.69) is 0 Å². The quantitative estimate of drug-likeness (QED) is 0.754. The first-order valence-electron chi connectivity index (χ1n) is 7.78. The van der Waals surface area contributed by atoms with E-state index in [1.807, 2.05) is 84.9 Å². The largest absolute Gasteiger partial charge is 0.378 e. The van der Waals surface area contributed by atoms with Crippen molar-refractivity contribution in [3.8, 4) is 0 Å². The van der Waals surface area contributed by atoms with Crippen molar-refractivity contribution in [3.05, 3.63) is 102 Å². The van der Waals surface area contributed by atoms with Crippen LogP contribution in [0.15, 0.2) is 89.9 Å². The highest BCUT2D eigenvalue weighted by atomic mass is 16.3. The summed E-state index contributed by atoms with van der Waals surface area (Å²) in [4.78, 5) is 4.81. The number of hydrogen-bond donors (Lipinski definition) is 1. The third-order valence-corrected chi connectivity index (χ3v) is 4.36. The molecule has 112 valence electrons. The Balaban J connectivity index is 1.95. The summed E-state index contributed by atoms with van der Waals surface area (Å²) < 4.78 is 0. The van der Waals surface area contributed by atoms with Gasteiger partial charge in [0, 0.05) is 6.42 Å². The number of rotatable bonds is 2. The van der Waals surface area contributed by atoms with E-state index < -0.39 is 5.60 Å². The molecule has 0 spiro atoms. The molecule has 0 saturated carbocycles. The molecule has 1 unspecified atom stereocenters. The molecule has 2 heteroatoms. The van der Waals surface area contributed by atoms with Gasteiger partial charge in [0.1, 0.15) is 5.60 Å². The Morgan fingerprint density at radius 2 is 1.35 bits per heavy atom. The van der Waals surface area contributed by atoms with Gasteiger partial charge in [-0.25, -0.2) is 4.99 Å². The lowest BCUT2D eigenvalue weighted by atomic mass is 9.78. The number of para-hydroxylation sites is 1. The number of benzene rings is 3. The van der Waals surface area contributed by atoms with Crippen LogP contribution in [0.5, 0.6) is 0 Å². The monoisotopic (exact) mass is 299 g/mol. The fourth-order valence-corrected chi connectivity index (χ4v) is 3.19. The van der Waals surface area contributed by atoms with E-state index in [9.17, 15) is 5.11 Å². The van der Waals surface area contributed by atoms with Gasteiger partial charge >= 0.3 is 0 Å². The van der Waals surface area contributed by atoms with Crippen molar-refractivity contribution in [3.63, 3.8) is 0 Å². The zero-order valence-electron chi connectivity index (χ0n) is 12.7. The van der Waals surface area contributed by atoms with E-state index in [1.54, 1.807) is 0 Å². The van der Waals surface area contributed by atoms with Gasteiger partial charge in [0.15, 0.2) is 0 Å². The van der Waals surface area contributed by atoms with Crippen molar-refractivity contribution < 1.29 is 5.11 Å². The fraction of sp³-hybridized carbons (Fsp3) is 0.0952. The first kappa shape index (κ1) is 13.9. The van der Waals surface area contributed by atoms with Gasteiger partial charge in [0.25, 0.3) is 0 Å². The van der Waals surface area contributed by atoms with Crippen molar-refractivity contribution in [2.75, 3.05) is 0 Å². The summed E-state index contributed by atoms with van der Waals surface area (Å²) in [6.07, 6.45) is 0.529. The van der Waals surface area contributed by atoms with E-state index in [0.717, 1.165) is 22.4 Å². The first-order valence-corrected chi connectivity index (χ1v) is 7.78. The van der Waals surface area contributed by atoms with E-state index in [4.69, 9.17) is 4.99 Å². The van der Waals surface area contributed by atoms with Crippen LogP contribution in [0.25, 0.3) is 0 Å². The standard InChI is InChI=1S/C21H17NO/c23-21(18-12-5-2-6-13-18)15-17-11-7-8-14-19(17)22-20(21)16-9-3-1-4-10-16/h1-14,23H,15H2. The second-order valence-electron chi connectivity index (χ2n) is 5.86. The van der Waals surface area contributed by atoms with E-state index in [0.29, 0.717) is 12.1 Å². The van der Waals surface area contributed by atoms with Gasteiger partial charge in [-0.15, -0.1) is 0 Å². The molecule has 4 rings (SSSR count). The highest BCUT2D eigenvalue weighted by Gasteiger charge is 2.39. The lowest BCUT2D eigenvalue weighted by molar-refractivity contribution is 0.111. The van der Waals surface area contributed by atoms with Crippen molar-refractivity contribution >= 4 is 11.4 Å². The predicted molar refractivity (Wildman–Crippen MR) is 93.1 cm³/mol. The molecule has 1 N–H and O–H groups in total. The number of aliphatic imine (C=N–C) groups is 1. The Hall–Kier alpha value is -2.71. The van der Waals surface area contributed by atoms with Crippen LogP contribution in [0.3, 0.4) is 0 Å². The lowest BCUT2D eigenvalue weighted by Crippen LogP contribution is -2.40. The van der Waals surface area contributed by atoms with Crippen LogP contribution in [-0.2, 0) is 12.0 Å². The third kappa shape index (κ3) is 2.37. The molecule has 1 atom stereocenters. The van der Waals surface area contributed by atoms with Gasteiger partial charge in [0.2, 0.25) is 0 Å².